The van der Waals surface area contributed by atoms with Crippen LogP contribution in [0.3, 0.4) is 0 Å². The van der Waals surface area contributed by atoms with E-state index in [0.29, 0.717) is 0 Å². The number of imidazole rings is 1. The molecule has 1 N–H and O–H groups in total. The van der Waals surface area contributed by atoms with Gasteiger partial charge < -0.3 is 14.6 Å². The topological polar surface area (TPSA) is 41.1 Å². The van der Waals surface area contributed by atoms with Gasteiger partial charge in [-0.1, -0.05) is 23.9 Å². The normalized spacial score (nSPS) is 11.0. The Morgan fingerprint density at radius 2 is 1.96 bits per heavy atom. The highest BCUT2D eigenvalue weighted by Crippen LogP contribution is 2.36. The maximum Gasteiger partial charge on any atom is 0.166 e. The number of nitrogens with zero attached hydrogens (tertiary/aromatic N) is 2. The number of aryl methyl sites for hydroxylation is 1. The van der Waals surface area contributed by atoms with Crippen molar-refractivity contribution in [2.45, 2.75) is 24.8 Å². The molecule has 4 nitrogen and oxygen atoms in total. The fourth-order valence-corrected chi connectivity index (χ4v) is 4.01. The summed E-state index contributed by atoms with van der Waals surface area (Å²) in [6.45, 7) is 4.22. The summed E-state index contributed by atoms with van der Waals surface area (Å²) in [4.78, 5) is 10.2. The molecule has 5 heteroatoms. The van der Waals surface area contributed by atoms with Crippen molar-refractivity contribution in [3.05, 3.63) is 47.0 Å². The number of thioether (sulfide) groups is 1. The van der Waals surface area contributed by atoms with Crippen molar-refractivity contribution >= 4 is 28.5 Å². The van der Waals surface area contributed by atoms with Crippen LogP contribution in [0.5, 0.6) is 5.75 Å². The molecular weight excluding hydrogens is 318 g/mol. The van der Waals surface area contributed by atoms with Crippen molar-refractivity contribution in [1.29, 1.82) is 0 Å². The molecule has 1 aromatic heterocycles. The van der Waals surface area contributed by atoms with Gasteiger partial charge >= 0.3 is 0 Å². The first-order chi connectivity index (χ1) is 11.5. The van der Waals surface area contributed by atoms with Crippen LogP contribution in [0.4, 0.5) is 5.69 Å². The summed E-state index contributed by atoms with van der Waals surface area (Å²) in [5, 5.41) is 0.944. The monoisotopic (exact) mass is 341 g/mol. The Kier molecular flexibility index (Phi) is 4.71. The predicted molar refractivity (Wildman–Crippen MR) is 102 cm³/mol. The molecule has 24 heavy (non-hydrogen) atoms. The Hall–Kier alpha value is -2.14. The molecule has 0 saturated carbocycles. The average Bonchev–Trinajstić information content (AvgIpc) is 2.96. The lowest BCUT2D eigenvalue weighted by Crippen LogP contribution is -2.13. The van der Waals surface area contributed by atoms with Gasteiger partial charge in [-0.25, -0.2) is 4.98 Å². The van der Waals surface area contributed by atoms with Crippen LogP contribution in [0.25, 0.3) is 11.0 Å². The van der Waals surface area contributed by atoms with Crippen molar-refractivity contribution in [3.8, 4) is 5.75 Å². The maximum absolute atomic E-state index is 5.60. The Morgan fingerprint density at radius 3 is 2.62 bits per heavy atom. The zero-order chi connectivity index (χ0) is 17.3. The molecule has 3 aromatic rings. The average molecular weight is 341 g/mol. The number of nitrogens with one attached hydrogen (secondary N) is 1. The summed E-state index contributed by atoms with van der Waals surface area (Å²) in [7, 11) is 5.90. The van der Waals surface area contributed by atoms with Gasteiger partial charge in [0.05, 0.1) is 18.1 Å². The van der Waals surface area contributed by atoms with E-state index in [1.165, 1.54) is 16.8 Å². The third-order valence-corrected chi connectivity index (χ3v) is 5.12. The molecule has 0 saturated heterocycles. The van der Waals surface area contributed by atoms with Gasteiger partial charge in [0, 0.05) is 25.5 Å². The minimum Gasteiger partial charge on any atom is -0.496 e. The van der Waals surface area contributed by atoms with Crippen LogP contribution in [0.1, 0.15) is 16.7 Å². The van der Waals surface area contributed by atoms with Gasteiger partial charge in [-0.3, -0.25) is 0 Å². The van der Waals surface area contributed by atoms with Crippen molar-refractivity contribution in [2.24, 2.45) is 0 Å². The number of methoxy groups -OCH3 is 1. The fraction of sp³-hybridized carbons (Fsp3) is 0.316. The number of hydrogen-bond acceptors (Lipinski definition) is 4. The second-order valence-corrected chi connectivity index (χ2v) is 7.06. The molecule has 2 aromatic carbocycles. The standard InChI is InChI=1S/C19H23N3OS/c1-12-10-17(22(3)4)14(13(2)18(12)23-5)11-24-19-20-15-8-6-7-9-16(15)21-19/h6-10H,11H2,1-5H3,(H,20,21). The minimum atomic E-state index is 0.843. The second kappa shape index (κ2) is 6.77. The largest absolute Gasteiger partial charge is 0.496 e. The van der Waals surface area contributed by atoms with E-state index in [-0.39, 0.29) is 0 Å². The predicted octanol–water partition coefficient (Wildman–Crippen LogP) is 4.55. The summed E-state index contributed by atoms with van der Waals surface area (Å²) in [6, 6.07) is 10.3. The Bertz CT molecular complexity index is 837. The lowest BCUT2D eigenvalue weighted by molar-refractivity contribution is 0.408. The number of hydrogen-bond donors (Lipinski definition) is 1. The lowest BCUT2D eigenvalue weighted by Gasteiger charge is -2.22. The van der Waals surface area contributed by atoms with Gasteiger partial charge in [-0.15, -0.1) is 0 Å². The molecule has 0 fully saturated rings. The summed E-state index contributed by atoms with van der Waals surface area (Å²) in [6.07, 6.45) is 0. The number of para-hydroxylation sites is 2. The van der Waals surface area contributed by atoms with Crippen LogP contribution in [0, 0.1) is 13.8 Å². The quantitative estimate of drug-likeness (QED) is 0.691. The number of aromatic nitrogens is 2. The van der Waals surface area contributed by atoms with Crippen LogP contribution in [-0.4, -0.2) is 31.2 Å². The van der Waals surface area contributed by atoms with E-state index in [0.717, 1.165) is 33.3 Å². The summed E-state index contributed by atoms with van der Waals surface area (Å²) in [5.41, 5.74) is 6.96. The number of rotatable bonds is 5. The van der Waals surface area contributed by atoms with Gasteiger partial charge in [-0.2, -0.15) is 0 Å². The summed E-state index contributed by atoms with van der Waals surface area (Å²) >= 11 is 1.72. The van der Waals surface area contributed by atoms with Gasteiger partial charge in [-0.05, 0) is 48.7 Å². The van der Waals surface area contributed by atoms with Gasteiger partial charge in [0.25, 0.3) is 0 Å². The zero-order valence-electron chi connectivity index (χ0n) is 14.8. The van der Waals surface area contributed by atoms with Crippen LogP contribution >= 0.6 is 11.8 Å². The molecule has 0 unspecified atom stereocenters. The zero-order valence-corrected chi connectivity index (χ0v) is 15.6. The molecule has 1 heterocycles. The van der Waals surface area contributed by atoms with Gasteiger partial charge in [0.2, 0.25) is 0 Å². The van der Waals surface area contributed by atoms with E-state index in [1.807, 2.05) is 18.2 Å². The van der Waals surface area contributed by atoms with Gasteiger partial charge in [0.1, 0.15) is 5.75 Å². The van der Waals surface area contributed by atoms with E-state index in [2.05, 4.69) is 54.9 Å². The molecule has 0 amide bonds. The number of ether oxygens (including phenoxy) is 1. The molecule has 126 valence electrons. The van der Waals surface area contributed by atoms with E-state index >= 15 is 0 Å². The number of aromatic amines is 1. The third kappa shape index (κ3) is 3.08. The molecule has 0 aliphatic heterocycles. The Morgan fingerprint density at radius 1 is 1.21 bits per heavy atom. The maximum atomic E-state index is 5.60. The number of H-pyrrole nitrogens is 1. The second-order valence-electron chi connectivity index (χ2n) is 6.09. The van der Waals surface area contributed by atoms with E-state index in [4.69, 9.17) is 4.74 Å². The van der Waals surface area contributed by atoms with E-state index < -0.39 is 0 Å². The van der Waals surface area contributed by atoms with Crippen LogP contribution < -0.4 is 9.64 Å². The van der Waals surface area contributed by atoms with Crippen LogP contribution in [0.15, 0.2) is 35.5 Å². The molecule has 0 radical (unpaired) electrons. The van der Waals surface area contributed by atoms with Crippen molar-refractivity contribution < 1.29 is 4.74 Å². The van der Waals surface area contributed by atoms with Crippen molar-refractivity contribution in [2.75, 3.05) is 26.1 Å². The molecule has 0 bridgehead atoms. The highest BCUT2D eigenvalue weighted by molar-refractivity contribution is 7.98. The molecule has 3 rings (SSSR count). The fourth-order valence-electron chi connectivity index (χ4n) is 3.02. The highest BCUT2D eigenvalue weighted by atomic mass is 32.2. The summed E-state index contributed by atoms with van der Waals surface area (Å²) < 4.78 is 5.60. The lowest BCUT2D eigenvalue weighted by atomic mass is 10.0. The number of fused-ring (bicyclic) bond motifs is 1. The van der Waals surface area contributed by atoms with Gasteiger partial charge in [0.15, 0.2) is 5.16 Å². The molecule has 0 atom stereocenters. The molecule has 0 aliphatic rings. The van der Waals surface area contributed by atoms with E-state index in [9.17, 15) is 0 Å². The first-order valence-corrected chi connectivity index (χ1v) is 8.91. The molecule has 0 aliphatic carbocycles. The first kappa shape index (κ1) is 16.7. The highest BCUT2D eigenvalue weighted by Gasteiger charge is 2.16. The smallest absolute Gasteiger partial charge is 0.166 e. The number of benzene rings is 2. The third-order valence-electron chi connectivity index (χ3n) is 4.22. The summed E-state index contributed by atoms with van der Waals surface area (Å²) in [5.74, 6) is 1.82. The first-order valence-electron chi connectivity index (χ1n) is 7.93. The van der Waals surface area contributed by atoms with Crippen LogP contribution in [0.2, 0.25) is 0 Å². The Balaban J connectivity index is 1.93. The molecular formula is C19H23N3OS. The minimum absolute atomic E-state index is 0.843. The van der Waals surface area contributed by atoms with E-state index in [1.54, 1.807) is 18.9 Å². The SMILES string of the molecule is COc1c(C)cc(N(C)C)c(CSc2nc3ccccc3[nH]2)c1C. The molecule has 0 spiro atoms. The van der Waals surface area contributed by atoms with Crippen molar-refractivity contribution in [1.82, 2.24) is 9.97 Å². The van der Waals surface area contributed by atoms with Crippen molar-refractivity contribution in [3.63, 3.8) is 0 Å². The number of anilines is 1. The van der Waals surface area contributed by atoms with Crippen LogP contribution in [-0.2, 0) is 5.75 Å². The Labute approximate surface area is 147 Å².